The molecule has 1 N–H and O–H groups in total. The molecule has 2 aromatic carbocycles. The van der Waals surface area contributed by atoms with E-state index in [2.05, 4.69) is 80.8 Å². The van der Waals surface area contributed by atoms with Crippen molar-refractivity contribution < 1.29 is 15.3 Å². The number of nitrogens with zero attached hydrogens (tertiary/aromatic N) is 4. The van der Waals surface area contributed by atoms with Crippen molar-refractivity contribution in [3.63, 3.8) is 0 Å². The minimum absolute atomic E-state index is 0.177. The Kier molecular flexibility index (Phi) is 9.75. The Labute approximate surface area is 208 Å². The zero-order valence-corrected chi connectivity index (χ0v) is 21.4. The molecule has 7 nitrogen and oxygen atoms in total. The third kappa shape index (κ3) is 7.50. The zero-order chi connectivity index (χ0) is 24.2. The Hall–Kier alpha value is -3.56. The number of hydrogen-bond donors (Lipinski definition) is 1. The summed E-state index contributed by atoms with van der Waals surface area (Å²) in [6.07, 6.45) is 5.49. The van der Waals surface area contributed by atoms with Crippen molar-refractivity contribution in [1.82, 2.24) is 9.97 Å². The molecule has 0 unspecified atom stereocenters. The maximum absolute atomic E-state index is 11.9. The summed E-state index contributed by atoms with van der Waals surface area (Å²) in [6, 6.07) is 24.6. The first-order chi connectivity index (χ1) is 16.6. The fourth-order valence-electron chi connectivity index (χ4n) is 2.81. The predicted molar refractivity (Wildman–Crippen MR) is 131 cm³/mol. The van der Waals surface area contributed by atoms with Gasteiger partial charge in [-0.1, -0.05) is 5.75 Å². The molecule has 0 fully saturated rings. The maximum atomic E-state index is 11.9. The Morgan fingerprint density at radius 1 is 0.971 bits per heavy atom. The van der Waals surface area contributed by atoms with E-state index in [-0.39, 0.29) is 23.6 Å². The van der Waals surface area contributed by atoms with E-state index in [0.29, 0.717) is 11.1 Å². The molecule has 0 aliphatic carbocycles. The molecule has 2 heterocycles. The van der Waals surface area contributed by atoms with Gasteiger partial charge < -0.3 is 15.3 Å². The van der Waals surface area contributed by atoms with E-state index in [0.717, 1.165) is 6.21 Å². The van der Waals surface area contributed by atoms with Crippen molar-refractivity contribution >= 4 is 40.4 Å². The van der Waals surface area contributed by atoms with E-state index in [1.54, 1.807) is 6.92 Å². The van der Waals surface area contributed by atoms with Gasteiger partial charge in [-0.15, -0.1) is 0 Å². The van der Waals surface area contributed by atoms with Crippen LogP contribution in [0.3, 0.4) is 0 Å². The number of aliphatic hydroxyl groups excluding tert-OH is 1. The Morgan fingerprint density at radius 3 is 2.12 bits per heavy atom. The third-order valence-corrected chi connectivity index (χ3v) is 8.15. The van der Waals surface area contributed by atoms with Crippen LogP contribution < -0.4 is 17.4 Å². The quantitative estimate of drug-likeness (QED) is 0.163. The van der Waals surface area contributed by atoms with E-state index in [9.17, 15) is 15.3 Å². The molecule has 4 aromatic rings. The van der Waals surface area contributed by atoms with Gasteiger partial charge in [0, 0.05) is 35.7 Å². The monoisotopic (exact) mass is 558 g/mol. The summed E-state index contributed by atoms with van der Waals surface area (Å²) in [5.41, 5.74) is 1.14. The average Bonchev–Trinajstić information content (AvgIpc) is 2.89. The van der Waals surface area contributed by atoms with Crippen molar-refractivity contribution in [2.75, 3.05) is 0 Å². The van der Waals surface area contributed by atoms with Crippen molar-refractivity contribution in [3.8, 4) is 5.75 Å². The summed E-state index contributed by atoms with van der Waals surface area (Å²) in [7, 11) is 0. The van der Waals surface area contributed by atoms with Crippen molar-refractivity contribution in [2.45, 2.75) is 13.5 Å². The van der Waals surface area contributed by atoms with Gasteiger partial charge in [0.2, 0.25) is 0 Å². The third-order valence-electron chi connectivity index (χ3n) is 4.60. The van der Waals surface area contributed by atoms with Crippen LogP contribution in [0.2, 0.25) is 0 Å². The number of rotatable bonds is 6. The van der Waals surface area contributed by atoms with Crippen molar-refractivity contribution in [1.29, 1.82) is 0 Å². The Morgan fingerprint density at radius 2 is 1.56 bits per heavy atom. The number of benzene rings is 2. The van der Waals surface area contributed by atoms with E-state index < -0.39 is 27.0 Å². The van der Waals surface area contributed by atoms with Crippen LogP contribution in [0.1, 0.15) is 22.4 Å². The van der Waals surface area contributed by atoms with Crippen LogP contribution in [0.4, 0.5) is 0 Å². The number of aryl methyl sites for hydroxylation is 1. The Bertz CT molecular complexity index is 1200. The molecule has 0 atom stereocenters. The van der Waals surface area contributed by atoms with E-state index in [4.69, 9.17) is 0 Å². The summed E-state index contributed by atoms with van der Waals surface area (Å²) in [5, 5.41) is 39.9. The molecule has 168 valence electrons. The van der Waals surface area contributed by atoms with Gasteiger partial charge in [-0.25, -0.2) is 0 Å². The van der Waals surface area contributed by atoms with Crippen LogP contribution >= 0.6 is 0 Å². The fourth-order valence-corrected chi connectivity index (χ4v) is 5.81. The summed E-state index contributed by atoms with van der Waals surface area (Å²) in [5.74, 6) is -0.894. The second kappa shape index (κ2) is 13.2. The molecule has 0 bridgehead atoms. The molecule has 0 aliphatic rings. The molecular formula is C26H22N4O3Sn. The van der Waals surface area contributed by atoms with Crippen molar-refractivity contribution in [2.24, 2.45) is 10.2 Å². The van der Waals surface area contributed by atoms with Gasteiger partial charge in [0.25, 0.3) is 0 Å². The van der Waals surface area contributed by atoms with Crippen LogP contribution in [-0.2, 0) is 6.61 Å². The summed E-state index contributed by atoms with van der Waals surface area (Å²) >= 11 is -0.517. The van der Waals surface area contributed by atoms with Gasteiger partial charge in [0.15, 0.2) is 0 Å². The van der Waals surface area contributed by atoms with Crippen LogP contribution in [-0.4, -0.2) is 48.3 Å². The second-order valence-electron chi connectivity index (χ2n) is 7.01. The summed E-state index contributed by atoms with van der Waals surface area (Å²) in [4.78, 5) is 7.65. The van der Waals surface area contributed by atoms with Crippen molar-refractivity contribution in [3.05, 3.63) is 114 Å². The number of aromatic nitrogens is 2. The van der Waals surface area contributed by atoms with Crippen LogP contribution in [0.25, 0.3) is 0 Å². The molecule has 0 saturated carbocycles. The van der Waals surface area contributed by atoms with E-state index >= 15 is 0 Å². The molecule has 2 aromatic heterocycles. The van der Waals surface area contributed by atoms with Gasteiger partial charge >= 0.3 is 89.0 Å². The molecule has 0 aliphatic heterocycles. The Balaban J connectivity index is 0.000000212. The first-order valence-corrected chi connectivity index (χ1v) is 13.3. The molecule has 4 rings (SSSR count). The molecule has 0 spiro atoms. The van der Waals surface area contributed by atoms with Gasteiger partial charge in [0.05, 0.1) is 12.8 Å². The van der Waals surface area contributed by atoms with Gasteiger partial charge in [-0.2, -0.15) is 10.2 Å². The molecule has 0 amide bonds. The number of aliphatic hydroxyl groups is 1. The van der Waals surface area contributed by atoms with E-state index in [1.807, 2.05) is 0 Å². The molecule has 34 heavy (non-hydrogen) atoms. The van der Waals surface area contributed by atoms with E-state index in [1.165, 1.54) is 37.9 Å². The van der Waals surface area contributed by atoms with Crippen LogP contribution in [0, 0.1) is 6.92 Å². The molecule has 0 saturated heterocycles. The molecule has 0 radical (unpaired) electrons. The van der Waals surface area contributed by atoms with Gasteiger partial charge in [-0.3, -0.25) is 9.97 Å². The first kappa shape index (κ1) is 25.1. The predicted octanol–water partition coefficient (Wildman–Crippen LogP) is 0.834. The second-order valence-corrected chi connectivity index (χ2v) is 11.0. The van der Waals surface area contributed by atoms with Gasteiger partial charge in [-0.05, 0) is 30.2 Å². The standard InChI is InChI=1S/C14H14N4O3.2C6H5.Sn/c1-9-13(20)12(11(8-19)6-16-9)7-17-18-14(21)10-2-4-15-5-3-10;2*1-2-4-6-5-3-1;/h2-7,19-20H,8H2,1H3,(H,18,21);2*1-5H;/q;;;+2/p-2/b17-7+;;;. The fraction of sp³-hybridized carbons (Fsp3) is 0.0769. The molecular weight excluding hydrogens is 535 g/mol. The first-order valence-electron chi connectivity index (χ1n) is 10.4. The number of hydrogen-bond acceptors (Lipinski definition) is 7. The number of pyridine rings is 2. The summed E-state index contributed by atoms with van der Waals surface area (Å²) in [6.45, 7) is 1.21. The normalized spacial score (nSPS) is 10.9. The van der Waals surface area contributed by atoms with Crippen LogP contribution in [0.15, 0.2) is 102 Å². The minimum atomic E-state index is -0.544. The van der Waals surface area contributed by atoms with Gasteiger partial charge in [0.1, 0.15) is 0 Å². The SMILES string of the molecule is Cc1ncc(CO)c(/C=N/N=C(\[O-])c2ccncc2)c1[O-].c1cc[c]([Sn+2][c]2ccccc2)cc1. The average molecular weight is 557 g/mol. The molecule has 8 heteroatoms. The zero-order valence-electron chi connectivity index (χ0n) is 18.5. The summed E-state index contributed by atoms with van der Waals surface area (Å²) < 4.78 is 3.08. The topological polar surface area (TPSA) is 117 Å². The van der Waals surface area contributed by atoms with Crippen LogP contribution in [0.5, 0.6) is 5.75 Å².